The molecule has 0 aliphatic carbocycles. The Morgan fingerprint density at radius 1 is 1.53 bits per heavy atom. The summed E-state index contributed by atoms with van der Waals surface area (Å²) in [6, 6.07) is 0. The fraction of sp³-hybridized carbons (Fsp3) is 0.636. The molecule has 0 spiro atoms. The molecule has 2 heterocycles. The highest BCUT2D eigenvalue weighted by molar-refractivity contribution is 6.31. The smallest absolute Gasteiger partial charge is 0.171 e. The number of aliphatic hydroxyl groups excluding tert-OH is 1. The summed E-state index contributed by atoms with van der Waals surface area (Å²) < 4.78 is 5.73. The maximum atomic E-state index is 9.24. The first-order chi connectivity index (χ1) is 8.02. The minimum absolute atomic E-state index is 0.0161. The van der Waals surface area contributed by atoms with E-state index in [0.29, 0.717) is 24.1 Å². The van der Waals surface area contributed by atoms with E-state index in [9.17, 15) is 5.11 Å². The van der Waals surface area contributed by atoms with Gasteiger partial charge >= 0.3 is 0 Å². The molecule has 1 fully saturated rings. The number of morpholine rings is 1. The second-order valence-electron chi connectivity index (χ2n) is 4.73. The van der Waals surface area contributed by atoms with Crippen molar-refractivity contribution in [1.82, 2.24) is 9.97 Å². The fourth-order valence-electron chi connectivity index (χ4n) is 2.08. The van der Waals surface area contributed by atoms with Crippen molar-refractivity contribution >= 4 is 17.4 Å². The van der Waals surface area contributed by atoms with Crippen LogP contribution in [0.15, 0.2) is 12.4 Å². The number of anilines is 1. The van der Waals surface area contributed by atoms with E-state index in [-0.39, 0.29) is 18.3 Å². The number of rotatable bonds is 2. The van der Waals surface area contributed by atoms with Gasteiger partial charge in [0.2, 0.25) is 0 Å². The lowest BCUT2D eigenvalue weighted by Crippen LogP contribution is -2.54. The van der Waals surface area contributed by atoms with Crippen molar-refractivity contribution in [2.24, 2.45) is 0 Å². The van der Waals surface area contributed by atoms with Crippen LogP contribution in [-0.2, 0) is 4.74 Å². The number of aliphatic hydroxyl groups is 1. The van der Waals surface area contributed by atoms with Crippen LogP contribution in [0.25, 0.3) is 0 Å². The minimum Gasteiger partial charge on any atom is -0.394 e. The highest BCUT2D eigenvalue weighted by atomic mass is 35.5. The van der Waals surface area contributed by atoms with Crippen molar-refractivity contribution in [2.45, 2.75) is 25.6 Å². The molecule has 2 rings (SSSR count). The summed E-state index contributed by atoms with van der Waals surface area (Å²) in [7, 11) is 0. The number of ether oxygens (including phenoxy) is 1. The average molecular weight is 258 g/mol. The summed E-state index contributed by atoms with van der Waals surface area (Å²) in [5.41, 5.74) is -0.341. The van der Waals surface area contributed by atoms with Crippen molar-refractivity contribution in [1.29, 1.82) is 0 Å². The van der Waals surface area contributed by atoms with Gasteiger partial charge in [0.25, 0.3) is 0 Å². The molecule has 1 aliphatic heterocycles. The maximum absolute atomic E-state index is 9.24. The molecule has 1 atom stereocenters. The van der Waals surface area contributed by atoms with Gasteiger partial charge in [0.15, 0.2) is 11.0 Å². The van der Waals surface area contributed by atoms with Crippen LogP contribution in [0.3, 0.4) is 0 Å². The molecule has 6 heteroatoms. The molecule has 0 aromatic carbocycles. The molecule has 17 heavy (non-hydrogen) atoms. The van der Waals surface area contributed by atoms with Crippen molar-refractivity contribution in [2.75, 3.05) is 24.6 Å². The zero-order valence-corrected chi connectivity index (χ0v) is 10.7. The number of nitrogens with zero attached hydrogens (tertiary/aromatic N) is 3. The van der Waals surface area contributed by atoms with Gasteiger partial charge < -0.3 is 14.7 Å². The third kappa shape index (κ3) is 2.86. The summed E-state index contributed by atoms with van der Waals surface area (Å²) in [6.45, 7) is 5.18. The Hall–Kier alpha value is -0.910. The van der Waals surface area contributed by atoms with Crippen LogP contribution in [0.2, 0.25) is 5.15 Å². The molecule has 5 nitrogen and oxygen atoms in total. The zero-order valence-electron chi connectivity index (χ0n) is 9.93. The molecule has 0 bridgehead atoms. The summed E-state index contributed by atoms with van der Waals surface area (Å²) in [6.07, 6.45) is 2.94. The molecule has 1 saturated heterocycles. The fourth-order valence-corrected chi connectivity index (χ4v) is 2.30. The molecule has 0 saturated carbocycles. The lowest BCUT2D eigenvalue weighted by atomic mass is 10.1. The van der Waals surface area contributed by atoms with Crippen LogP contribution in [0, 0.1) is 0 Å². The molecule has 0 amide bonds. The maximum Gasteiger partial charge on any atom is 0.171 e. The van der Waals surface area contributed by atoms with E-state index >= 15 is 0 Å². The van der Waals surface area contributed by atoms with E-state index in [1.54, 1.807) is 12.4 Å². The monoisotopic (exact) mass is 257 g/mol. The quantitative estimate of drug-likeness (QED) is 0.860. The first-order valence-electron chi connectivity index (χ1n) is 5.52. The van der Waals surface area contributed by atoms with Crippen molar-refractivity contribution in [3.63, 3.8) is 0 Å². The second-order valence-corrected chi connectivity index (χ2v) is 5.09. The van der Waals surface area contributed by atoms with E-state index in [2.05, 4.69) is 9.97 Å². The van der Waals surface area contributed by atoms with E-state index in [4.69, 9.17) is 16.3 Å². The van der Waals surface area contributed by atoms with Gasteiger partial charge in [-0.2, -0.15) is 0 Å². The third-order valence-electron chi connectivity index (χ3n) is 2.62. The Labute approximate surface area is 105 Å². The molecular weight excluding hydrogens is 242 g/mol. The largest absolute Gasteiger partial charge is 0.394 e. The van der Waals surface area contributed by atoms with E-state index < -0.39 is 0 Å². The van der Waals surface area contributed by atoms with Gasteiger partial charge in [-0.3, -0.25) is 0 Å². The molecule has 0 radical (unpaired) electrons. The lowest BCUT2D eigenvalue weighted by molar-refractivity contribution is -0.101. The number of aromatic nitrogens is 2. The Kier molecular flexibility index (Phi) is 3.51. The zero-order chi connectivity index (χ0) is 12.5. The number of hydrogen-bond acceptors (Lipinski definition) is 5. The number of hydrogen-bond donors (Lipinski definition) is 1. The Bertz CT molecular complexity index is 400. The molecule has 1 aliphatic rings. The molecule has 1 aromatic heterocycles. The molecule has 1 N–H and O–H groups in total. The molecule has 1 unspecified atom stereocenters. The van der Waals surface area contributed by atoms with Crippen molar-refractivity contribution < 1.29 is 9.84 Å². The summed E-state index contributed by atoms with van der Waals surface area (Å²) >= 11 is 6.02. The standard InChI is InChI=1S/C11H16ClN3O2/c1-11(2)7-15(5-8(6-16)17-11)10-9(12)13-3-4-14-10/h3-4,8,16H,5-7H2,1-2H3. The van der Waals surface area contributed by atoms with Crippen LogP contribution >= 0.6 is 11.6 Å². The topological polar surface area (TPSA) is 58.5 Å². The van der Waals surface area contributed by atoms with Crippen LogP contribution < -0.4 is 4.90 Å². The van der Waals surface area contributed by atoms with Gasteiger partial charge in [0.1, 0.15) is 0 Å². The van der Waals surface area contributed by atoms with Crippen molar-refractivity contribution in [3.8, 4) is 0 Å². The first kappa shape index (κ1) is 12.5. The van der Waals surface area contributed by atoms with Crippen molar-refractivity contribution in [3.05, 3.63) is 17.5 Å². The molecule has 1 aromatic rings. The Morgan fingerprint density at radius 3 is 2.88 bits per heavy atom. The first-order valence-corrected chi connectivity index (χ1v) is 5.90. The predicted molar refractivity (Wildman–Crippen MR) is 65.3 cm³/mol. The number of halogens is 1. The van der Waals surface area contributed by atoms with Gasteiger partial charge in [0, 0.05) is 25.5 Å². The van der Waals surface area contributed by atoms with Gasteiger partial charge in [-0.15, -0.1) is 0 Å². The minimum atomic E-state index is -0.341. The third-order valence-corrected chi connectivity index (χ3v) is 2.89. The summed E-state index contributed by atoms with van der Waals surface area (Å²) in [5.74, 6) is 0.643. The Balaban J connectivity index is 2.24. The van der Waals surface area contributed by atoms with E-state index in [1.165, 1.54) is 0 Å². The summed E-state index contributed by atoms with van der Waals surface area (Å²) in [5, 5.41) is 9.61. The second kappa shape index (κ2) is 4.76. The van der Waals surface area contributed by atoms with Gasteiger partial charge in [-0.25, -0.2) is 9.97 Å². The lowest BCUT2D eigenvalue weighted by Gasteiger charge is -2.42. The highest BCUT2D eigenvalue weighted by Crippen LogP contribution is 2.27. The Morgan fingerprint density at radius 2 is 2.24 bits per heavy atom. The normalized spacial score (nSPS) is 23.8. The van der Waals surface area contributed by atoms with Gasteiger partial charge in [-0.05, 0) is 13.8 Å². The van der Waals surface area contributed by atoms with E-state index in [1.807, 2.05) is 18.7 Å². The van der Waals surface area contributed by atoms with Crippen LogP contribution in [-0.4, -0.2) is 46.5 Å². The highest BCUT2D eigenvalue weighted by Gasteiger charge is 2.34. The van der Waals surface area contributed by atoms with Crippen LogP contribution in [0.5, 0.6) is 0 Å². The van der Waals surface area contributed by atoms with E-state index in [0.717, 1.165) is 0 Å². The molecule has 94 valence electrons. The van der Waals surface area contributed by atoms with Gasteiger partial charge in [0.05, 0.1) is 18.3 Å². The van der Waals surface area contributed by atoms with Gasteiger partial charge in [-0.1, -0.05) is 11.6 Å². The van der Waals surface area contributed by atoms with Crippen LogP contribution in [0.4, 0.5) is 5.82 Å². The average Bonchev–Trinajstić information content (AvgIpc) is 2.27. The predicted octanol–water partition coefficient (Wildman–Crippen LogP) is 1.11. The SMILES string of the molecule is CC1(C)CN(c2nccnc2Cl)CC(CO)O1. The molecular formula is C11H16ClN3O2. The summed E-state index contributed by atoms with van der Waals surface area (Å²) in [4.78, 5) is 10.2. The van der Waals surface area contributed by atoms with Crippen LogP contribution in [0.1, 0.15) is 13.8 Å².